The Balaban J connectivity index is 3.53. The SMILES string of the molecule is CSC(=Nc1c([N+](=O)[O-])cc(F)c(F)c1F)NC#N. The van der Waals surface area contributed by atoms with Crippen molar-refractivity contribution >= 4 is 28.3 Å². The fraction of sp³-hybridized carbons (Fsp3) is 0.111. The van der Waals surface area contributed by atoms with Crippen molar-refractivity contribution in [3.63, 3.8) is 0 Å². The molecule has 0 spiro atoms. The van der Waals surface area contributed by atoms with E-state index in [0.717, 1.165) is 11.8 Å². The van der Waals surface area contributed by atoms with Crippen molar-refractivity contribution < 1.29 is 18.1 Å². The predicted molar refractivity (Wildman–Crippen MR) is 62.3 cm³/mol. The van der Waals surface area contributed by atoms with Gasteiger partial charge in [0.2, 0.25) is 0 Å². The van der Waals surface area contributed by atoms with Crippen molar-refractivity contribution in [1.82, 2.24) is 5.32 Å². The molecule has 0 unspecified atom stereocenters. The number of aliphatic imine (C=N–C) groups is 1. The van der Waals surface area contributed by atoms with Crippen molar-refractivity contribution in [2.45, 2.75) is 0 Å². The second-order valence-corrected chi connectivity index (χ2v) is 3.76. The van der Waals surface area contributed by atoms with Gasteiger partial charge < -0.3 is 0 Å². The summed E-state index contributed by atoms with van der Waals surface area (Å²) in [6, 6.07) is 0.224. The van der Waals surface area contributed by atoms with Gasteiger partial charge in [-0.25, -0.2) is 18.2 Å². The number of nitrogens with one attached hydrogen (secondary N) is 1. The van der Waals surface area contributed by atoms with E-state index in [1.807, 2.05) is 5.32 Å². The van der Waals surface area contributed by atoms with E-state index in [2.05, 4.69) is 4.99 Å². The average Bonchev–Trinajstić information content (AvgIpc) is 2.37. The zero-order chi connectivity index (χ0) is 14.6. The van der Waals surface area contributed by atoms with Crippen LogP contribution in [-0.4, -0.2) is 16.3 Å². The maximum Gasteiger partial charge on any atom is 0.301 e. The minimum Gasteiger partial charge on any atom is -0.271 e. The maximum atomic E-state index is 13.5. The number of nitro benzene ring substituents is 1. The second kappa shape index (κ2) is 6.05. The van der Waals surface area contributed by atoms with Gasteiger partial charge in [-0.2, -0.15) is 5.26 Å². The molecule has 10 heteroatoms. The Kier molecular flexibility index (Phi) is 4.71. The lowest BCUT2D eigenvalue weighted by atomic mass is 10.2. The van der Waals surface area contributed by atoms with Crippen molar-refractivity contribution in [3.05, 3.63) is 33.6 Å². The van der Waals surface area contributed by atoms with Crippen molar-refractivity contribution in [2.75, 3.05) is 6.26 Å². The van der Waals surface area contributed by atoms with Crippen LogP contribution in [0, 0.1) is 39.0 Å². The van der Waals surface area contributed by atoms with Crippen LogP contribution in [0.4, 0.5) is 24.5 Å². The summed E-state index contributed by atoms with van der Waals surface area (Å²) in [6.45, 7) is 0. The molecule has 0 saturated heterocycles. The summed E-state index contributed by atoms with van der Waals surface area (Å²) in [7, 11) is 0. The number of nitriles is 1. The third kappa shape index (κ3) is 3.14. The summed E-state index contributed by atoms with van der Waals surface area (Å²) in [4.78, 5) is 13.0. The van der Waals surface area contributed by atoms with E-state index in [1.54, 1.807) is 0 Å². The lowest BCUT2D eigenvalue weighted by Gasteiger charge is -2.04. The number of hydrogen-bond acceptors (Lipinski definition) is 5. The molecule has 1 rings (SSSR count). The Labute approximate surface area is 109 Å². The molecule has 100 valence electrons. The highest BCUT2D eigenvalue weighted by atomic mass is 32.2. The van der Waals surface area contributed by atoms with Crippen LogP contribution in [0.5, 0.6) is 0 Å². The molecule has 0 heterocycles. The van der Waals surface area contributed by atoms with Crippen LogP contribution in [0.3, 0.4) is 0 Å². The minimum atomic E-state index is -1.87. The topological polar surface area (TPSA) is 91.3 Å². The van der Waals surface area contributed by atoms with Gasteiger partial charge in [-0.1, -0.05) is 11.8 Å². The number of thioether (sulfide) groups is 1. The molecule has 0 saturated carbocycles. The highest BCUT2D eigenvalue weighted by Gasteiger charge is 2.26. The molecule has 0 aliphatic rings. The first-order valence-electron chi connectivity index (χ1n) is 4.52. The summed E-state index contributed by atoms with van der Waals surface area (Å²) >= 11 is 0.839. The Morgan fingerprint density at radius 2 is 2.16 bits per heavy atom. The molecule has 0 radical (unpaired) electrons. The van der Waals surface area contributed by atoms with Crippen LogP contribution in [0.1, 0.15) is 0 Å². The number of amidine groups is 1. The fourth-order valence-corrected chi connectivity index (χ4v) is 1.42. The first-order chi connectivity index (χ1) is 8.92. The van der Waals surface area contributed by atoms with E-state index < -0.39 is 33.7 Å². The molecule has 1 aromatic carbocycles. The quantitative estimate of drug-likeness (QED) is 0.172. The Morgan fingerprint density at radius 1 is 1.53 bits per heavy atom. The van der Waals surface area contributed by atoms with Gasteiger partial charge in [-0.05, 0) is 6.26 Å². The third-order valence-electron chi connectivity index (χ3n) is 1.88. The number of benzene rings is 1. The van der Waals surface area contributed by atoms with Crippen LogP contribution >= 0.6 is 11.8 Å². The molecule has 1 aromatic rings. The van der Waals surface area contributed by atoms with Gasteiger partial charge in [0.25, 0.3) is 0 Å². The predicted octanol–water partition coefficient (Wildman–Crippen LogP) is 2.43. The van der Waals surface area contributed by atoms with Gasteiger partial charge in [-0.15, -0.1) is 0 Å². The summed E-state index contributed by atoms with van der Waals surface area (Å²) in [5.74, 6) is -5.36. The molecule has 0 aromatic heterocycles. The Morgan fingerprint density at radius 3 is 2.63 bits per heavy atom. The highest BCUT2D eigenvalue weighted by molar-refractivity contribution is 8.13. The first kappa shape index (κ1) is 14.8. The van der Waals surface area contributed by atoms with Gasteiger partial charge in [0.05, 0.1) is 11.0 Å². The molecule has 1 N–H and O–H groups in total. The molecule has 0 aliphatic carbocycles. The summed E-state index contributed by atoms with van der Waals surface area (Å²) < 4.78 is 39.4. The van der Waals surface area contributed by atoms with Crippen LogP contribution in [0.2, 0.25) is 0 Å². The van der Waals surface area contributed by atoms with E-state index in [-0.39, 0.29) is 11.2 Å². The molecule has 0 fully saturated rings. The van der Waals surface area contributed by atoms with Gasteiger partial charge >= 0.3 is 5.69 Å². The standard InChI is InChI=1S/C9H5F3N4O2S/c1-19-9(14-3-13)15-8-5(16(17)18)2-4(10)6(11)7(8)12/h2H,1H3,(H,14,15). The fourth-order valence-electron chi connectivity index (χ4n) is 1.09. The lowest BCUT2D eigenvalue weighted by Crippen LogP contribution is -2.13. The van der Waals surface area contributed by atoms with Crippen molar-refractivity contribution in [3.8, 4) is 6.19 Å². The van der Waals surface area contributed by atoms with Crippen LogP contribution < -0.4 is 5.32 Å². The molecule has 19 heavy (non-hydrogen) atoms. The molecule has 6 nitrogen and oxygen atoms in total. The second-order valence-electron chi connectivity index (χ2n) is 2.97. The number of nitrogens with zero attached hydrogens (tertiary/aromatic N) is 3. The zero-order valence-electron chi connectivity index (χ0n) is 9.28. The number of nitro groups is 1. The number of halogens is 3. The number of rotatable bonds is 2. The first-order valence-corrected chi connectivity index (χ1v) is 5.74. The molecule has 0 amide bonds. The van der Waals surface area contributed by atoms with Gasteiger partial charge in [-0.3, -0.25) is 15.4 Å². The smallest absolute Gasteiger partial charge is 0.271 e. The summed E-state index contributed by atoms with van der Waals surface area (Å²) in [6.07, 6.45) is 2.92. The maximum absolute atomic E-state index is 13.5. The molecule has 0 bridgehead atoms. The largest absolute Gasteiger partial charge is 0.301 e. The highest BCUT2D eigenvalue weighted by Crippen LogP contribution is 2.34. The molecule has 0 aliphatic heterocycles. The van der Waals surface area contributed by atoms with E-state index in [1.165, 1.54) is 12.4 Å². The minimum absolute atomic E-state index is 0.199. The van der Waals surface area contributed by atoms with Crippen molar-refractivity contribution in [1.29, 1.82) is 5.26 Å². The van der Waals surface area contributed by atoms with Gasteiger partial charge in [0.1, 0.15) is 0 Å². The van der Waals surface area contributed by atoms with E-state index in [9.17, 15) is 23.3 Å². The van der Waals surface area contributed by atoms with E-state index >= 15 is 0 Å². The number of hydrogen-bond donors (Lipinski definition) is 1. The average molecular weight is 290 g/mol. The van der Waals surface area contributed by atoms with E-state index in [0.29, 0.717) is 0 Å². The normalized spacial score (nSPS) is 11.0. The summed E-state index contributed by atoms with van der Waals surface area (Å²) in [5, 5.41) is 20.9. The zero-order valence-corrected chi connectivity index (χ0v) is 10.1. The molecule has 0 atom stereocenters. The van der Waals surface area contributed by atoms with Gasteiger partial charge in [0.15, 0.2) is 34.5 Å². The molecular weight excluding hydrogens is 285 g/mol. The summed E-state index contributed by atoms with van der Waals surface area (Å²) in [5.41, 5.74) is -2.03. The van der Waals surface area contributed by atoms with Crippen LogP contribution in [-0.2, 0) is 0 Å². The molecular formula is C9H5F3N4O2S. The Hall–Kier alpha value is -2.28. The van der Waals surface area contributed by atoms with E-state index in [4.69, 9.17) is 5.26 Å². The third-order valence-corrected chi connectivity index (χ3v) is 2.46. The lowest BCUT2D eigenvalue weighted by molar-refractivity contribution is -0.384. The monoisotopic (exact) mass is 290 g/mol. The van der Waals surface area contributed by atoms with Gasteiger partial charge in [0, 0.05) is 0 Å². The van der Waals surface area contributed by atoms with Crippen LogP contribution in [0.15, 0.2) is 11.1 Å². The van der Waals surface area contributed by atoms with Crippen LogP contribution in [0.25, 0.3) is 0 Å². The Bertz CT molecular complexity index is 600. The van der Waals surface area contributed by atoms with Crippen molar-refractivity contribution in [2.24, 2.45) is 4.99 Å².